The SMILES string of the molecule is COc1cc(-c2ccc3ncc(CC=O)c(Nc4ccc(N5CCNCC5)nc4)c3c2)cc(Cl)c1O. The lowest BCUT2D eigenvalue weighted by molar-refractivity contribution is -0.107. The van der Waals surface area contributed by atoms with Gasteiger partial charge in [-0.2, -0.15) is 0 Å². The van der Waals surface area contributed by atoms with Gasteiger partial charge in [0.25, 0.3) is 0 Å². The second-order valence-electron chi connectivity index (χ2n) is 8.54. The average molecular weight is 504 g/mol. The van der Waals surface area contributed by atoms with E-state index in [1.165, 1.54) is 7.11 Å². The van der Waals surface area contributed by atoms with Gasteiger partial charge in [-0.25, -0.2) is 4.98 Å². The van der Waals surface area contributed by atoms with Crippen LogP contribution in [-0.4, -0.2) is 54.6 Å². The number of halogens is 1. The highest BCUT2D eigenvalue weighted by atomic mass is 35.5. The van der Waals surface area contributed by atoms with Crippen LogP contribution in [0, 0.1) is 0 Å². The van der Waals surface area contributed by atoms with Crippen LogP contribution >= 0.6 is 11.6 Å². The first-order valence-electron chi connectivity index (χ1n) is 11.7. The third-order valence-corrected chi connectivity index (χ3v) is 6.58. The fourth-order valence-electron chi connectivity index (χ4n) is 4.39. The van der Waals surface area contributed by atoms with Crippen LogP contribution in [0.4, 0.5) is 17.2 Å². The Kier molecular flexibility index (Phi) is 6.88. The van der Waals surface area contributed by atoms with E-state index in [1.807, 2.05) is 36.5 Å². The van der Waals surface area contributed by atoms with Crippen molar-refractivity contribution >= 4 is 46.0 Å². The molecule has 3 heterocycles. The largest absolute Gasteiger partial charge is 0.503 e. The zero-order valence-corrected chi connectivity index (χ0v) is 20.5. The first-order chi connectivity index (χ1) is 17.6. The second kappa shape index (κ2) is 10.4. The molecule has 0 saturated carbocycles. The monoisotopic (exact) mass is 503 g/mol. The van der Waals surface area contributed by atoms with Gasteiger partial charge in [0, 0.05) is 49.7 Å². The molecule has 0 unspecified atom stereocenters. The van der Waals surface area contributed by atoms with Crippen LogP contribution in [0.2, 0.25) is 5.02 Å². The quantitative estimate of drug-likeness (QED) is 0.316. The number of hydrogen-bond donors (Lipinski definition) is 3. The van der Waals surface area contributed by atoms with Crippen LogP contribution in [0.3, 0.4) is 0 Å². The number of hydrogen-bond acceptors (Lipinski definition) is 8. The molecule has 1 aliphatic rings. The summed E-state index contributed by atoms with van der Waals surface area (Å²) in [5, 5.41) is 18.0. The number of phenolic OH excluding ortho intramolecular Hbond substituents is 1. The lowest BCUT2D eigenvalue weighted by atomic mass is 10.00. The molecule has 36 heavy (non-hydrogen) atoms. The molecule has 4 aromatic rings. The zero-order chi connectivity index (χ0) is 25.1. The Hall–Kier alpha value is -3.88. The van der Waals surface area contributed by atoms with Gasteiger partial charge in [-0.3, -0.25) is 4.98 Å². The van der Waals surface area contributed by atoms with Crippen molar-refractivity contribution in [1.29, 1.82) is 0 Å². The number of rotatable bonds is 7. The zero-order valence-electron chi connectivity index (χ0n) is 19.8. The third-order valence-electron chi connectivity index (χ3n) is 6.29. The highest BCUT2D eigenvalue weighted by molar-refractivity contribution is 6.32. The molecule has 0 radical (unpaired) electrons. The highest BCUT2D eigenvalue weighted by Gasteiger charge is 2.15. The molecule has 0 aliphatic carbocycles. The number of carbonyl (C=O) groups excluding carboxylic acids is 1. The van der Waals surface area contributed by atoms with Crippen molar-refractivity contribution < 1.29 is 14.6 Å². The van der Waals surface area contributed by atoms with Crippen molar-refractivity contribution in [3.63, 3.8) is 0 Å². The summed E-state index contributed by atoms with van der Waals surface area (Å²) in [5.41, 5.74) is 4.81. The predicted octanol–water partition coefficient (Wildman–Crippen LogP) is 4.56. The maximum atomic E-state index is 11.4. The summed E-state index contributed by atoms with van der Waals surface area (Å²) in [6.45, 7) is 3.74. The number of methoxy groups -OCH3 is 1. The molecule has 0 bridgehead atoms. The van der Waals surface area contributed by atoms with Gasteiger partial charge in [-0.15, -0.1) is 0 Å². The minimum atomic E-state index is -0.0993. The van der Waals surface area contributed by atoms with Gasteiger partial charge in [0.1, 0.15) is 12.1 Å². The van der Waals surface area contributed by atoms with Gasteiger partial charge < -0.3 is 30.2 Å². The Morgan fingerprint density at radius 1 is 1.11 bits per heavy atom. The van der Waals surface area contributed by atoms with Crippen molar-refractivity contribution in [2.75, 3.05) is 43.5 Å². The number of pyridine rings is 2. The minimum absolute atomic E-state index is 0.0993. The number of fused-ring (bicyclic) bond motifs is 1. The standard InChI is InChI=1S/C27H26ClN5O3/c1-36-24-14-19(13-22(28)27(24)35)17-2-4-23-21(12-17)26(18(6-11-34)15-30-23)32-20-3-5-25(31-16-20)33-9-7-29-8-10-33/h2-5,11-16,29,35H,6-10H2,1H3,(H,30,32). The second-order valence-corrected chi connectivity index (χ2v) is 8.94. The third kappa shape index (κ3) is 4.78. The number of piperazine rings is 1. The van der Waals surface area contributed by atoms with Crippen LogP contribution in [0.15, 0.2) is 54.9 Å². The Morgan fingerprint density at radius 2 is 1.94 bits per heavy atom. The van der Waals surface area contributed by atoms with E-state index in [1.54, 1.807) is 18.3 Å². The number of phenols is 1. The summed E-state index contributed by atoms with van der Waals surface area (Å²) < 4.78 is 5.27. The summed E-state index contributed by atoms with van der Waals surface area (Å²) in [5.74, 6) is 1.13. The van der Waals surface area contributed by atoms with Crippen molar-refractivity contribution in [1.82, 2.24) is 15.3 Å². The lowest BCUT2D eigenvalue weighted by Gasteiger charge is -2.28. The molecule has 2 aromatic carbocycles. The lowest BCUT2D eigenvalue weighted by Crippen LogP contribution is -2.43. The summed E-state index contributed by atoms with van der Waals surface area (Å²) in [6, 6.07) is 13.3. The molecule has 0 spiro atoms. The Bertz CT molecular complexity index is 1410. The van der Waals surface area contributed by atoms with E-state index in [9.17, 15) is 9.90 Å². The molecule has 5 rings (SSSR count). The molecule has 1 saturated heterocycles. The van der Waals surface area contributed by atoms with Crippen LogP contribution < -0.4 is 20.3 Å². The molecule has 9 heteroatoms. The molecule has 2 aromatic heterocycles. The van der Waals surface area contributed by atoms with Crippen LogP contribution in [0.1, 0.15) is 5.56 Å². The van der Waals surface area contributed by atoms with Crippen molar-refractivity contribution in [2.24, 2.45) is 0 Å². The van der Waals surface area contributed by atoms with Gasteiger partial charge in [-0.05, 0) is 47.5 Å². The number of benzene rings is 2. The van der Waals surface area contributed by atoms with Crippen LogP contribution in [-0.2, 0) is 11.2 Å². The van der Waals surface area contributed by atoms with E-state index in [0.717, 1.165) is 77.3 Å². The molecular formula is C27H26ClN5O3. The maximum absolute atomic E-state index is 11.4. The smallest absolute Gasteiger partial charge is 0.176 e. The summed E-state index contributed by atoms with van der Waals surface area (Å²) in [6.07, 6.45) is 4.62. The van der Waals surface area contributed by atoms with E-state index in [0.29, 0.717) is 5.75 Å². The molecular weight excluding hydrogens is 478 g/mol. The molecule has 1 aliphatic heterocycles. The van der Waals surface area contributed by atoms with Crippen molar-refractivity contribution in [2.45, 2.75) is 6.42 Å². The van der Waals surface area contributed by atoms with Crippen LogP contribution in [0.25, 0.3) is 22.0 Å². The van der Waals surface area contributed by atoms with E-state index >= 15 is 0 Å². The van der Waals surface area contributed by atoms with Gasteiger partial charge in [0.05, 0.1) is 35.2 Å². The Balaban J connectivity index is 1.54. The first-order valence-corrected chi connectivity index (χ1v) is 12.1. The number of carbonyl (C=O) groups is 1. The van der Waals surface area contributed by atoms with E-state index in [2.05, 4.69) is 25.5 Å². The highest BCUT2D eigenvalue weighted by Crippen LogP contribution is 2.40. The number of aromatic hydroxyl groups is 1. The molecule has 184 valence electrons. The first kappa shape index (κ1) is 23.8. The van der Waals surface area contributed by atoms with E-state index in [-0.39, 0.29) is 17.2 Å². The number of aldehydes is 1. The summed E-state index contributed by atoms with van der Waals surface area (Å²) in [4.78, 5) is 22.9. The van der Waals surface area contributed by atoms with Gasteiger partial charge >= 0.3 is 0 Å². The normalized spacial score (nSPS) is 13.6. The number of ether oxygens (including phenoxy) is 1. The number of aromatic nitrogens is 2. The maximum Gasteiger partial charge on any atom is 0.176 e. The molecule has 0 amide bonds. The van der Waals surface area contributed by atoms with Crippen LogP contribution in [0.5, 0.6) is 11.5 Å². The van der Waals surface area contributed by atoms with Gasteiger partial charge in [-0.1, -0.05) is 17.7 Å². The fraction of sp³-hybridized carbons (Fsp3) is 0.222. The minimum Gasteiger partial charge on any atom is -0.503 e. The Morgan fingerprint density at radius 3 is 2.67 bits per heavy atom. The number of nitrogens with zero attached hydrogens (tertiary/aromatic N) is 3. The molecule has 0 atom stereocenters. The van der Waals surface area contributed by atoms with Gasteiger partial charge in [0.15, 0.2) is 11.5 Å². The fourth-order valence-corrected chi connectivity index (χ4v) is 4.60. The molecule has 8 nitrogen and oxygen atoms in total. The number of anilines is 3. The van der Waals surface area contributed by atoms with Crippen molar-refractivity contribution in [3.05, 3.63) is 65.4 Å². The Labute approximate surface area is 213 Å². The summed E-state index contributed by atoms with van der Waals surface area (Å²) in [7, 11) is 1.48. The van der Waals surface area contributed by atoms with E-state index < -0.39 is 0 Å². The predicted molar refractivity (Wildman–Crippen MR) is 143 cm³/mol. The van der Waals surface area contributed by atoms with Gasteiger partial charge in [0.2, 0.25) is 0 Å². The van der Waals surface area contributed by atoms with E-state index in [4.69, 9.17) is 16.3 Å². The summed E-state index contributed by atoms with van der Waals surface area (Å²) >= 11 is 6.23. The number of nitrogens with one attached hydrogen (secondary N) is 2. The molecule has 3 N–H and O–H groups in total. The van der Waals surface area contributed by atoms with Crippen molar-refractivity contribution in [3.8, 4) is 22.6 Å². The molecule has 1 fully saturated rings. The topological polar surface area (TPSA) is 99.6 Å². The average Bonchev–Trinajstić information content (AvgIpc) is 2.92.